The van der Waals surface area contributed by atoms with Crippen molar-refractivity contribution < 1.29 is 29.3 Å². The highest BCUT2D eigenvalue weighted by atomic mass is 19.1. The number of carbonyl (C=O) groups excluding carboxylic acids is 1. The second-order valence-corrected chi connectivity index (χ2v) is 9.79. The van der Waals surface area contributed by atoms with E-state index in [2.05, 4.69) is 0 Å². The predicted octanol–water partition coefficient (Wildman–Crippen LogP) is 3.67. The lowest BCUT2D eigenvalue weighted by Gasteiger charge is -2.24. The number of carbonyl (C=O) groups is 2. The van der Waals surface area contributed by atoms with Crippen molar-refractivity contribution in [3.8, 4) is 5.69 Å². The summed E-state index contributed by atoms with van der Waals surface area (Å²) in [4.78, 5) is 26.1. The maximum absolute atomic E-state index is 13.6. The highest BCUT2D eigenvalue weighted by molar-refractivity contribution is 5.94. The van der Waals surface area contributed by atoms with Crippen LogP contribution in [0.1, 0.15) is 86.5 Å². The zero-order valence-electron chi connectivity index (χ0n) is 20.7. The summed E-state index contributed by atoms with van der Waals surface area (Å²) in [5.41, 5.74) is 2.48. The SMILES string of the molecule is CC(C)c1c(C(=O)N(C)C2CCCC2)nn(-c2ccc(F)cc2)c1CC[C@@H](O)C[C@@H](O)CC(=O)O. The number of hydrogen-bond donors (Lipinski definition) is 3. The Bertz CT molecular complexity index is 1010. The fraction of sp³-hybridized carbons (Fsp3) is 0.577. The van der Waals surface area contributed by atoms with Crippen LogP contribution < -0.4 is 0 Å². The van der Waals surface area contributed by atoms with E-state index >= 15 is 0 Å². The number of carboxylic acid groups (broad SMARTS) is 1. The third kappa shape index (κ3) is 6.67. The van der Waals surface area contributed by atoms with E-state index in [1.165, 1.54) is 12.1 Å². The molecular weight excluding hydrogens is 453 g/mol. The fourth-order valence-electron chi connectivity index (χ4n) is 4.91. The first-order valence-electron chi connectivity index (χ1n) is 12.3. The summed E-state index contributed by atoms with van der Waals surface area (Å²) in [6, 6.07) is 6.04. The molecule has 1 aromatic heterocycles. The van der Waals surface area contributed by atoms with Gasteiger partial charge in [0, 0.05) is 24.3 Å². The fourth-order valence-corrected chi connectivity index (χ4v) is 4.91. The number of benzene rings is 1. The first-order chi connectivity index (χ1) is 16.6. The molecule has 3 N–H and O–H groups in total. The minimum atomic E-state index is -1.15. The average molecular weight is 490 g/mol. The molecule has 2 atom stereocenters. The van der Waals surface area contributed by atoms with Crippen molar-refractivity contribution in [2.45, 2.75) is 89.4 Å². The van der Waals surface area contributed by atoms with Gasteiger partial charge in [0.05, 0.1) is 24.3 Å². The van der Waals surface area contributed by atoms with E-state index in [1.54, 1.807) is 21.7 Å². The number of halogens is 1. The molecule has 2 aromatic rings. The van der Waals surface area contributed by atoms with Gasteiger partial charge in [-0.15, -0.1) is 0 Å². The third-order valence-electron chi connectivity index (χ3n) is 6.73. The van der Waals surface area contributed by atoms with E-state index in [0.717, 1.165) is 36.9 Å². The van der Waals surface area contributed by atoms with Gasteiger partial charge in [0.15, 0.2) is 5.69 Å². The number of rotatable bonds is 11. The lowest BCUT2D eigenvalue weighted by molar-refractivity contribution is -0.139. The minimum absolute atomic E-state index is 0.0372. The zero-order valence-corrected chi connectivity index (χ0v) is 20.7. The second kappa shape index (κ2) is 11.8. The smallest absolute Gasteiger partial charge is 0.305 e. The molecule has 0 aliphatic heterocycles. The molecule has 35 heavy (non-hydrogen) atoms. The van der Waals surface area contributed by atoms with E-state index in [1.807, 2.05) is 20.9 Å². The summed E-state index contributed by atoms with van der Waals surface area (Å²) >= 11 is 0. The van der Waals surface area contributed by atoms with Crippen LogP contribution in [-0.4, -0.2) is 67.2 Å². The molecule has 0 spiro atoms. The lowest BCUT2D eigenvalue weighted by atomic mass is 9.95. The second-order valence-electron chi connectivity index (χ2n) is 9.79. The molecule has 0 saturated heterocycles. The standard InChI is InChI=1S/C26H36FN3O5/c1-16(2)24-22(13-12-20(31)14-21(32)15-23(33)34)30(19-10-8-17(27)9-11-19)28-25(24)26(35)29(3)18-6-4-5-7-18/h8-11,16,18,20-21,31-32H,4-7,12-15H2,1-3H3,(H,33,34)/t20-,21-/m1/s1. The molecule has 0 bridgehead atoms. The van der Waals surface area contributed by atoms with Gasteiger partial charge < -0.3 is 20.2 Å². The van der Waals surface area contributed by atoms with Gasteiger partial charge >= 0.3 is 5.97 Å². The van der Waals surface area contributed by atoms with Gasteiger partial charge in [-0.2, -0.15) is 5.10 Å². The number of aliphatic hydroxyl groups excluding tert-OH is 2. The molecule has 3 rings (SSSR count). The van der Waals surface area contributed by atoms with Crippen LogP contribution in [0.2, 0.25) is 0 Å². The Morgan fingerprint density at radius 2 is 1.77 bits per heavy atom. The molecule has 1 amide bonds. The molecular formula is C26H36FN3O5. The maximum Gasteiger partial charge on any atom is 0.305 e. The van der Waals surface area contributed by atoms with Crippen LogP contribution >= 0.6 is 0 Å². The normalized spacial score (nSPS) is 16.0. The van der Waals surface area contributed by atoms with Crippen molar-refractivity contribution in [1.82, 2.24) is 14.7 Å². The molecule has 1 aliphatic carbocycles. The Balaban J connectivity index is 1.95. The Hall–Kier alpha value is -2.78. The van der Waals surface area contributed by atoms with Crippen LogP contribution in [0.25, 0.3) is 5.69 Å². The van der Waals surface area contributed by atoms with Crippen LogP contribution in [0, 0.1) is 5.82 Å². The van der Waals surface area contributed by atoms with Crippen molar-refractivity contribution in [2.24, 2.45) is 0 Å². The van der Waals surface area contributed by atoms with Crippen molar-refractivity contribution >= 4 is 11.9 Å². The van der Waals surface area contributed by atoms with Crippen molar-refractivity contribution in [2.75, 3.05) is 7.05 Å². The molecule has 1 aliphatic rings. The number of aromatic nitrogens is 2. The summed E-state index contributed by atoms with van der Waals surface area (Å²) in [6.07, 6.45) is 2.14. The Morgan fingerprint density at radius 3 is 2.34 bits per heavy atom. The Kier molecular flexibility index (Phi) is 9.02. The molecule has 0 unspecified atom stereocenters. The summed E-state index contributed by atoms with van der Waals surface area (Å²) in [7, 11) is 1.81. The summed E-state index contributed by atoms with van der Waals surface area (Å²) in [5.74, 6) is -1.70. The summed E-state index contributed by atoms with van der Waals surface area (Å²) in [5, 5.41) is 33.9. The van der Waals surface area contributed by atoms with Crippen LogP contribution in [-0.2, 0) is 11.2 Å². The van der Waals surface area contributed by atoms with Gasteiger partial charge in [0.25, 0.3) is 5.91 Å². The van der Waals surface area contributed by atoms with Gasteiger partial charge in [-0.3, -0.25) is 9.59 Å². The van der Waals surface area contributed by atoms with Gasteiger partial charge in [-0.1, -0.05) is 26.7 Å². The number of amides is 1. The quantitative estimate of drug-likeness (QED) is 0.444. The Labute approximate surface area is 205 Å². The molecule has 9 heteroatoms. The molecule has 192 valence electrons. The van der Waals surface area contributed by atoms with Crippen molar-refractivity contribution in [3.05, 3.63) is 47.0 Å². The van der Waals surface area contributed by atoms with E-state index in [0.29, 0.717) is 17.8 Å². The Morgan fingerprint density at radius 1 is 1.14 bits per heavy atom. The average Bonchev–Trinajstić information content (AvgIpc) is 3.45. The lowest BCUT2D eigenvalue weighted by Crippen LogP contribution is -2.36. The van der Waals surface area contributed by atoms with E-state index in [4.69, 9.17) is 10.2 Å². The van der Waals surface area contributed by atoms with Crippen LogP contribution in [0.3, 0.4) is 0 Å². The third-order valence-corrected chi connectivity index (χ3v) is 6.73. The van der Waals surface area contributed by atoms with Gasteiger partial charge in [-0.05, 0) is 62.3 Å². The number of aliphatic hydroxyl groups is 2. The number of carboxylic acids is 1. The van der Waals surface area contributed by atoms with Crippen LogP contribution in [0.4, 0.5) is 4.39 Å². The monoisotopic (exact) mass is 489 g/mol. The highest BCUT2D eigenvalue weighted by Gasteiger charge is 2.31. The van der Waals surface area contributed by atoms with Crippen molar-refractivity contribution in [1.29, 1.82) is 0 Å². The molecule has 1 saturated carbocycles. The van der Waals surface area contributed by atoms with E-state index in [9.17, 15) is 24.2 Å². The zero-order chi connectivity index (χ0) is 25.7. The van der Waals surface area contributed by atoms with E-state index < -0.39 is 24.6 Å². The minimum Gasteiger partial charge on any atom is -0.481 e. The van der Waals surface area contributed by atoms with Crippen LogP contribution in [0.15, 0.2) is 24.3 Å². The van der Waals surface area contributed by atoms with Gasteiger partial charge in [0.2, 0.25) is 0 Å². The number of aliphatic carboxylic acids is 1. The number of nitrogens with zero attached hydrogens (tertiary/aromatic N) is 3. The molecule has 0 radical (unpaired) electrons. The molecule has 1 heterocycles. The first-order valence-corrected chi connectivity index (χ1v) is 12.3. The van der Waals surface area contributed by atoms with E-state index in [-0.39, 0.29) is 36.5 Å². The van der Waals surface area contributed by atoms with Gasteiger partial charge in [-0.25, -0.2) is 9.07 Å². The maximum atomic E-state index is 13.6. The predicted molar refractivity (Wildman–Crippen MR) is 129 cm³/mol. The molecule has 1 aromatic carbocycles. The molecule has 8 nitrogen and oxygen atoms in total. The van der Waals surface area contributed by atoms with Crippen molar-refractivity contribution in [3.63, 3.8) is 0 Å². The number of hydrogen-bond acceptors (Lipinski definition) is 5. The topological polar surface area (TPSA) is 116 Å². The summed E-state index contributed by atoms with van der Waals surface area (Å²) in [6.45, 7) is 3.96. The van der Waals surface area contributed by atoms with Gasteiger partial charge in [0.1, 0.15) is 5.82 Å². The highest BCUT2D eigenvalue weighted by Crippen LogP contribution is 2.31. The largest absolute Gasteiger partial charge is 0.481 e. The summed E-state index contributed by atoms with van der Waals surface area (Å²) < 4.78 is 15.2. The first kappa shape index (κ1) is 26.8. The molecule has 1 fully saturated rings. The van der Waals surface area contributed by atoms with Crippen LogP contribution in [0.5, 0.6) is 0 Å².